The molecule has 2 unspecified atom stereocenters. The van der Waals surface area contributed by atoms with Crippen molar-refractivity contribution in [2.24, 2.45) is 5.73 Å². The smallest absolute Gasteiger partial charge is 0.240 e. The maximum atomic E-state index is 11.9. The third-order valence-electron chi connectivity index (χ3n) is 3.13. The fourth-order valence-corrected chi connectivity index (χ4v) is 1.57. The molecular weight excluding hydrogens is 228 g/mol. The van der Waals surface area contributed by atoms with Gasteiger partial charge < -0.3 is 16.2 Å². The molecule has 0 radical (unpaired) electrons. The summed E-state index contributed by atoms with van der Waals surface area (Å²) in [6, 6.07) is 9.45. The zero-order valence-electron chi connectivity index (χ0n) is 11.0. The lowest BCUT2D eigenvalue weighted by molar-refractivity contribution is -0.126. The predicted molar refractivity (Wildman–Crippen MR) is 72.0 cm³/mol. The van der Waals surface area contributed by atoms with Crippen molar-refractivity contribution in [2.45, 2.75) is 38.3 Å². The van der Waals surface area contributed by atoms with Crippen molar-refractivity contribution >= 4 is 5.91 Å². The highest BCUT2D eigenvalue weighted by atomic mass is 16.3. The van der Waals surface area contributed by atoms with Gasteiger partial charge in [0.05, 0.1) is 18.2 Å². The van der Waals surface area contributed by atoms with Crippen molar-refractivity contribution in [3.05, 3.63) is 35.9 Å². The van der Waals surface area contributed by atoms with E-state index in [1.807, 2.05) is 37.3 Å². The van der Waals surface area contributed by atoms with Crippen molar-refractivity contribution < 1.29 is 9.90 Å². The average molecular weight is 250 g/mol. The largest absolute Gasteiger partial charge is 0.394 e. The van der Waals surface area contributed by atoms with Crippen molar-refractivity contribution in [1.82, 2.24) is 5.32 Å². The highest BCUT2D eigenvalue weighted by molar-refractivity contribution is 5.85. The van der Waals surface area contributed by atoms with E-state index >= 15 is 0 Å². The summed E-state index contributed by atoms with van der Waals surface area (Å²) >= 11 is 0. The van der Waals surface area contributed by atoms with Crippen LogP contribution in [-0.4, -0.2) is 29.2 Å². The SMILES string of the molecule is CCC(C)(N)C(=O)NC(CO)Cc1ccccc1. The van der Waals surface area contributed by atoms with Gasteiger partial charge in [0.15, 0.2) is 0 Å². The molecule has 4 N–H and O–H groups in total. The molecule has 1 aromatic rings. The van der Waals surface area contributed by atoms with E-state index in [0.717, 1.165) is 5.56 Å². The number of amides is 1. The van der Waals surface area contributed by atoms with Crippen LogP contribution in [0.1, 0.15) is 25.8 Å². The summed E-state index contributed by atoms with van der Waals surface area (Å²) in [6.07, 6.45) is 1.16. The van der Waals surface area contributed by atoms with Crippen LogP contribution >= 0.6 is 0 Å². The number of carbonyl (C=O) groups excluding carboxylic acids is 1. The highest BCUT2D eigenvalue weighted by Gasteiger charge is 2.27. The standard InChI is InChI=1S/C14H22N2O2/c1-3-14(2,15)13(18)16-12(10-17)9-11-7-5-4-6-8-11/h4-8,12,17H,3,9-10,15H2,1-2H3,(H,16,18). The number of hydrogen-bond donors (Lipinski definition) is 3. The fraction of sp³-hybridized carbons (Fsp3) is 0.500. The second-order valence-corrected chi connectivity index (χ2v) is 4.81. The van der Waals surface area contributed by atoms with E-state index in [-0.39, 0.29) is 18.6 Å². The summed E-state index contributed by atoms with van der Waals surface area (Å²) in [5, 5.41) is 12.1. The summed E-state index contributed by atoms with van der Waals surface area (Å²) in [7, 11) is 0. The van der Waals surface area contributed by atoms with E-state index < -0.39 is 5.54 Å². The minimum atomic E-state index is -0.885. The van der Waals surface area contributed by atoms with Crippen LogP contribution in [0.2, 0.25) is 0 Å². The first-order valence-electron chi connectivity index (χ1n) is 6.24. The Bertz CT molecular complexity index is 377. The molecule has 0 aliphatic heterocycles. The van der Waals surface area contributed by atoms with Gasteiger partial charge >= 0.3 is 0 Å². The topological polar surface area (TPSA) is 75.4 Å². The molecule has 1 aromatic carbocycles. The van der Waals surface area contributed by atoms with E-state index in [1.54, 1.807) is 6.92 Å². The van der Waals surface area contributed by atoms with E-state index in [9.17, 15) is 9.90 Å². The zero-order valence-corrected chi connectivity index (χ0v) is 11.0. The predicted octanol–water partition coefficient (Wildman–Crippen LogP) is 0.834. The van der Waals surface area contributed by atoms with Gasteiger partial charge in [0.25, 0.3) is 0 Å². The van der Waals surface area contributed by atoms with Crippen LogP contribution in [-0.2, 0) is 11.2 Å². The van der Waals surface area contributed by atoms with Crippen LogP contribution in [0, 0.1) is 0 Å². The van der Waals surface area contributed by atoms with E-state index in [4.69, 9.17) is 5.73 Å². The van der Waals surface area contributed by atoms with Gasteiger partial charge in [0.2, 0.25) is 5.91 Å². The van der Waals surface area contributed by atoms with Gasteiger partial charge in [-0.3, -0.25) is 4.79 Å². The van der Waals surface area contributed by atoms with E-state index in [1.165, 1.54) is 0 Å². The molecule has 2 atom stereocenters. The summed E-state index contributed by atoms with van der Waals surface area (Å²) in [5.41, 5.74) is 6.05. The van der Waals surface area contributed by atoms with Gasteiger partial charge in [0.1, 0.15) is 0 Å². The molecule has 0 spiro atoms. The third kappa shape index (κ3) is 4.13. The van der Waals surface area contributed by atoms with Crippen molar-refractivity contribution in [2.75, 3.05) is 6.61 Å². The van der Waals surface area contributed by atoms with Crippen molar-refractivity contribution in [3.8, 4) is 0 Å². The quantitative estimate of drug-likeness (QED) is 0.700. The van der Waals surface area contributed by atoms with E-state index in [0.29, 0.717) is 12.8 Å². The molecule has 0 saturated heterocycles. The molecule has 18 heavy (non-hydrogen) atoms. The molecule has 0 aromatic heterocycles. The number of aliphatic hydroxyl groups is 1. The van der Waals surface area contributed by atoms with Gasteiger partial charge in [-0.25, -0.2) is 0 Å². The van der Waals surface area contributed by atoms with Crippen LogP contribution in [0.3, 0.4) is 0 Å². The summed E-state index contributed by atoms with van der Waals surface area (Å²) < 4.78 is 0. The molecule has 0 heterocycles. The molecule has 0 bridgehead atoms. The number of rotatable bonds is 6. The Morgan fingerprint density at radius 2 is 2.06 bits per heavy atom. The Labute approximate surface area is 108 Å². The average Bonchev–Trinajstić information content (AvgIpc) is 2.38. The van der Waals surface area contributed by atoms with Crippen LogP contribution in [0.25, 0.3) is 0 Å². The molecule has 0 saturated carbocycles. The number of benzene rings is 1. The van der Waals surface area contributed by atoms with Crippen LogP contribution in [0.4, 0.5) is 0 Å². The molecule has 4 nitrogen and oxygen atoms in total. The van der Waals surface area contributed by atoms with Gasteiger partial charge in [-0.2, -0.15) is 0 Å². The molecule has 1 rings (SSSR count). The number of nitrogens with one attached hydrogen (secondary N) is 1. The normalized spacial score (nSPS) is 15.8. The van der Waals surface area contributed by atoms with Crippen LogP contribution < -0.4 is 11.1 Å². The van der Waals surface area contributed by atoms with E-state index in [2.05, 4.69) is 5.32 Å². The first kappa shape index (κ1) is 14.7. The van der Waals surface area contributed by atoms with Gasteiger partial charge in [0, 0.05) is 0 Å². The lowest BCUT2D eigenvalue weighted by Gasteiger charge is -2.25. The fourth-order valence-electron chi connectivity index (χ4n) is 1.57. The lowest BCUT2D eigenvalue weighted by Crippen LogP contribution is -2.54. The van der Waals surface area contributed by atoms with Crippen molar-refractivity contribution in [1.29, 1.82) is 0 Å². The maximum absolute atomic E-state index is 11.9. The summed E-state index contributed by atoms with van der Waals surface area (Å²) in [5.74, 6) is -0.222. The van der Waals surface area contributed by atoms with Gasteiger partial charge in [-0.05, 0) is 25.3 Å². The molecule has 4 heteroatoms. The molecule has 0 aliphatic carbocycles. The Balaban J connectivity index is 2.60. The van der Waals surface area contributed by atoms with Gasteiger partial charge in [-0.15, -0.1) is 0 Å². The summed E-state index contributed by atoms with van der Waals surface area (Å²) in [6.45, 7) is 3.46. The minimum absolute atomic E-state index is 0.0968. The van der Waals surface area contributed by atoms with Gasteiger partial charge in [-0.1, -0.05) is 37.3 Å². The number of nitrogens with two attached hydrogens (primary N) is 1. The Morgan fingerprint density at radius 3 is 2.56 bits per heavy atom. The van der Waals surface area contributed by atoms with Crippen molar-refractivity contribution in [3.63, 3.8) is 0 Å². The Hall–Kier alpha value is -1.39. The molecular formula is C14H22N2O2. The molecule has 0 aliphatic rings. The zero-order chi connectivity index (χ0) is 13.6. The van der Waals surface area contributed by atoms with Crippen LogP contribution in [0.15, 0.2) is 30.3 Å². The monoisotopic (exact) mass is 250 g/mol. The first-order chi connectivity index (χ1) is 8.49. The number of aliphatic hydroxyl groups excluding tert-OH is 1. The summed E-state index contributed by atoms with van der Waals surface area (Å²) in [4.78, 5) is 11.9. The lowest BCUT2D eigenvalue weighted by atomic mass is 9.98. The maximum Gasteiger partial charge on any atom is 0.240 e. The minimum Gasteiger partial charge on any atom is -0.394 e. The van der Waals surface area contributed by atoms with Crippen LogP contribution in [0.5, 0.6) is 0 Å². The second kappa shape index (κ2) is 6.52. The Morgan fingerprint density at radius 1 is 1.44 bits per heavy atom. The molecule has 100 valence electrons. The highest BCUT2D eigenvalue weighted by Crippen LogP contribution is 2.07. The third-order valence-corrected chi connectivity index (χ3v) is 3.13. The number of hydrogen-bond acceptors (Lipinski definition) is 3. The second-order valence-electron chi connectivity index (χ2n) is 4.81. The molecule has 1 amide bonds. The Kier molecular flexibility index (Phi) is 5.31. The number of carbonyl (C=O) groups is 1. The molecule has 0 fully saturated rings. The first-order valence-corrected chi connectivity index (χ1v) is 6.24.